The van der Waals surface area contributed by atoms with Crippen molar-refractivity contribution in [3.63, 3.8) is 0 Å². The monoisotopic (exact) mass is 300 g/mol. The number of aryl methyl sites for hydroxylation is 1. The van der Waals surface area contributed by atoms with Crippen LogP contribution >= 0.6 is 0 Å². The number of hydrogen-bond donors (Lipinski definition) is 1. The molecular weight excluding hydrogens is 285 g/mol. The Kier molecular flexibility index (Phi) is 3.04. The smallest absolute Gasteiger partial charge is 0.420 e. The zero-order valence-electron chi connectivity index (χ0n) is 11.7. The minimum atomic E-state index is -4.49. The maximum absolute atomic E-state index is 13.1. The van der Waals surface area contributed by atoms with Crippen molar-refractivity contribution in [3.05, 3.63) is 29.2 Å². The van der Waals surface area contributed by atoms with Gasteiger partial charge in [0.25, 0.3) is 0 Å². The maximum Gasteiger partial charge on any atom is 0.420 e. The summed E-state index contributed by atoms with van der Waals surface area (Å²) in [5.74, 6) is 0.208. The molecule has 0 aliphatic carbocycles. The Bertz CT molecular complexity index is 683. The standard InChI is InChI=1S/C14H15F3N2O2/c1-8-18-11-4-9(5-19-6-13(2,20)7-19)3-10(12(11)21-8)14(15,16)17/h3-4,20H,5-7H2,1-2H3. The van der Waals surface area contributed by atoms with Crippen molar-refractivity contribution < 1.29 is 22.7 Å². The predicted molar refractivity (Wildman–Crippen MR) is 69.6 cm³/mol. The summed E-state index contributed by atoms with van der Waals surface area (Å²) in [6.07, 6.45) is -4.49. The fraction of sp³-hybridized carbons (Fsp3) is 0.500. The fourth-order valence-corrected chi connectivity index (χ4v) is 2.79. The molecule has 0 spiro atoms. The Morgan fingerprint density at radius 3 is 2.62 bits per heavy atom. The fourth-order valence-electron chi connectivity index (χ4n) is 2.79. The molecule has 2 aromatic rings. The molecule has 1 aliphatic heterocycles. The number of halogens is 3. The summed E-state index contributed by atoms with van der Waals surface area (Å²) in [6, 6.07) is 2.70. The van der Waals surface area contributed by atoms with E-state index in [2.05, 4.69) is 4.98 Å². The highest BCUT2D eigenvalue weighted by atomic mass is 19.4. The van der Waals surface area contributed by atoms with Crippen LogP contribution in [0.4, 0.5) is 13.2 Å². The van der Waals surface area contributed by atoms with Crippen LogP contribution in [-0.4, -0.2) is 33.7 Å². The quantitative estimate of drug-likeness (QED) is 0.926. The molecule has 7 heteroatoms. The molecule has 4 nitrogen and oxygen atoms in total. The number of nitrogens with zero attached hydrogens (tertiary/aromatic N) is 2. The van der Waals surface area contributed by atoms with Crippen LogP contribution in [0.15, 0.2) is 16.5 Å². The number of aliphatic hydroxyl groups is 1. The summed E-state index contributed by atoms with van der Waals surface area (Å²) in [4.78, 5) is 5.88. The minimum absolute atomic E-state index is 0.208. The van der Waals surface area contributed by atoms with E-state index in [-0.39, 0.29) is 17.0 Å². The first kappa shape index (κ1) is 14.3. The molecule has 0 saturated carbocycles. The predicted octanol–water partition coefficient (Wildman–Crippen LogP) is 2.72. The second-order valence-corrected chi connectivity index (χ2v) is 5.86. The molecule has 0 bridgehead atoms. The number of oxazole rings is 1. The normalized spacial score (nSPS) is 19.0. The molecular formula is C14H15F3N2O2. The molecule has 21 heavy (non-hydrogen) atoms. The number of alkyl halides is 3. The van der Waals surface area contributed by atoms with Crippen LogP contribution in [-0.2, 0) is 12.7 Å². The van der Waals surface area contributed by atoms with E-state index in [4.69, 9.17) is 4.42 Å². The minimum Gasteiger partial charge on any atom is -0.440 e. The van der Waals surface area contributed by atoms with Gasteiger partial charge in [0.2, 0.25) is 0 Å². The van der Waals surface area contributed by atoms with Crippen molar-refractivity contribution in [2.45, 2.75) is 32.2 Å². The summed E-state index contributed by atoms with van der Waals surface area (Å²) in [6.45, 7) is 4.47. The summed E-state index contributed by atoms with van der Waals surface area (Å²) < 4.78 is 44.4. The van der Waals surface area contributed by atoms with Gasteiger partial charge in [0.1, 0.15) is 11.1 Å². The zero-order chi connectivity index (χ0) is 15.4. The summed E-state index contributed by atoms with van der Waals surface area (Å²) in [5, 5.41) is 9.67. The second kappa shape index (κ2) is 4.45. The number of fused-ring (bicyclic) bond motifs is 1. The van der Waals surface area contributed by atoms with Crippen LogP contribution in [0.5, 0.6) is 0 Å². The molecule has 1 fully saturated rings. The van der Waals surface area contributed by atoms with Crippen LogP contribution in [0.25, 0.3) is 11.1 Å². The van der Waals surface area contributed by atoms with Gasteiger partial charge in [-0.3, -0.25) is 4.90 Å². The number of hydrogen-bond acceptors (Lipinski definition) is 4. The Balaban J connectivity index is 1.96. The molecule has 0 unspecified atom stereocenters. The lowest BCUT2D eigenvalue weighted by molar-refractivity contribution is -0.137. The van der Waals surface area contributed by atoms with Gasteiger partial charge in [0.15, 0.2) is 11.5 Å². The Hall–Kier alpha value is -1.60. The number of benzene rings is 1. The van der Waals surface area contributed by atoms with E-state index in [0.717, 1.165) is 6.07 Å². The Morgan fingerprint density at radius 1 is 1.38 bits per heavy atom. The van der Waals surface area contributed by atoms with E-state index in [1.165, 1.54) is 6.92 Å². The highest BCUT2D eigenvalue weighted by molar-refractivity contribution is 5.78. The molecule has 1 aromatic carbocycles. The maximum atomic E-state index is 13.1. The van der Waals surface area contributed by atoms with E-state index in [9.17, 15) is 18.3 Å². The van der Waals surface area contributed by atoms with Crippen molar-refractivity contribution in [2.75, 3.05) is 13.1 Å². The van der Waals surface area contributed by atoms with Crippen LogP contribution in [0.1, 0.15) is 23.9 Å². The average molecular weight is 300 g/mol. The van der Waals surface area contributed by atoms with Crippen molar-refractivity contribution in [2.24, 2.45) is 0 Å². The highest BCUT2D eigenvalue weighted by Gasteiger charge is 2.38. The molecule has 2 heterocycles. The lowest BCUT2D eigenvalue weighted by Gasteiger charge is -2.44. The van der Waals surface area contributed by atoms with Gasteiger partial charge in [-0.2, -0.15) is 13.2 Å². The molecule has 0 radical (unpaired) electrons. The second-order valence-electron chi connectivity index (χ2n) is 5.86. The van der Waals surface area contributed by atoms with Gasteiger partial charge < -0.3 is 9.52 Å². The molecule has 1 aliphatic rings. The van der Waals surface area contributed by atoms with E-state index in [0.29, 0.717) is 25.2 Å². The van der Waals surface area contributed by atoms with Crippen LogP contribution in [0.2, 0.25) is 0 Å². The van der Waals surface area contributed by atoms with E-state index in [1.54, 1.807) is 13.0 Å². The lowest BCUT2D eigenvalue weighted by atomic mass is 9.96. The third-order valence-electron chi connectivity index (χ3n) is 3.50. The molecule has 1 N–H and O–H groups in total. The van der Waals surface area contributed by atoms with Crippen LogP contribution in [0.3, 0.4) is 0 Å². The summed E-state index contributed by atoms with van der Waals surface area (Å²) in [7, 11) is 0. The van der Waals surface area contributed by atoms with Crippen molar-refractivity contribution in [3.8, 4) is 0 Å². The summed E-state index contributed by atoms with van der Waals surface area (Å²) >= 11 is 0. The van der Waals surface area contributed by atoms with Crippen molar-refractivity contribution in [1.82, 2.24) is 9.88 Å². The van der Waals surface area contributed by atoms with Crippen LogP contribution < -0.4 is 0 Å². The number of aromatic nitrogens is 1. The first-order valence-corrected chi connectivity index (χ1v) is 6.56. The van der Waals surface area contributed by atoms with E-state index in [1.807, 2.05) is 4.90 Å². The first-order valence-electron chi connectivity index (χ1n) is 6.56. The van der Waals surface area contributed by atoms with Gasteiger partial charge in [0, 0.05) is 26.6 Å². The van der Waals surface area contributed by atoms with Crippen molar-refractivity contribution >= 4 is 11.1 Å². The van der Waals surface area contributed by atoms with Gasteiger partial charge >= 0.3 is 6.18 Å². The Morgan fingerprint density at radius 2 is 2.05 bits per heavy atom. The zero-order valence-corrected chi connectivity index (χ0v) is 11.7. The van der Waals surface area contributed by atoms with Gasteiger partial charge in [-0.05, 0) is 24.6 Å². The topological polar surface area (TPSA) is 49.5 Å². The number of β-amino-alcohol motifs (C(OH)–C–C–N with tert-alkyl or cyclic N) is 1. The SMILES string of the molecule is Cc1nc2cc(CN3CC(C)(O)C3)cc(C(F)(F)F)c2o1. The van der Waals surface area contributed by atoms with Gasteiger partial charge in [-0.1, -0.05) is 0 Å². The van der Waals surface area contributed by atoms with Gasteiger partial charge in [-0.25, -0.2) is 4.98 Å². The molecule has 1 saturated heterocycles. The van der Waals surface area contributed by atoms with E-state index >= 15 is 0 Å². The number of rotatable bonds is 2. The lowest BCUT2D eigenvalue weighted by Crippen LogP contribution is -2.59. The van der Waals surface area contributed by atoms with Gasteiger partial charge in [0.05, 0.1) is 5.60 Å². The third-order valence-corrected chi connectivity index (χ3v) is 3.50. The molecule has 0 amide bonds. The first-order chi connectivity index (χ1) is 9.64. The molecule has 1 aromatic heterocycles. The molecule has 3 rings (SSSR count). The molecule has 114 valence electrons. The van der Waals surface area contributed by atoms with Crippen LogP contribution in [0, 0.1) is 6.92 Å². The molecule has 0 atom stereocenters. The number of likely N-dealkylation sites (tertiary alicyclic amines) is 1. The largest absolute Gasteiger partial charge is 0.440 e. The van der Waals surface area contributed by atoms with Crippen molar-refractivity contribution in [1.29, 1.82) is 0 Å². The summed E-state index contributed by atoms with van der Waals surface area (Å²) in [5.41, 5.74) is -1.05. The Labute approximate surface area is 119 Å². The average Bonchev–Trinajstić information content (AvgIpc) is 2.64. The van der Waals surface area contributed by atoms with Gasteiger partial charge in [-0.15, -0.1) is 0 Å². The van der Waals surface area contributed by atoms with E-state index < -0.39 is 17.3 Å². The third kappa shape index (κ3) is 2.75. The highest BCUT2D eigenvalue weighted by Crippen LogP contribution is 2.36.